The molecular weight excluding hydrogens is 777 g/mol. The molecule has 0 aromatic carbocycles. The molecule has 0 aromatic rings. The van der Waals surface area contributed by atoms with Gasteiger partial charge in [0.25, 0.3) is 0 Å². The number of allylic oxidation sites excluding steroid dienone is 8. The van der Waals surface area contributed by atoms with E-state index in [9.17, 15) is 50.0 Å². The van der Waals surface area contributed by atoms with Crippen LogP contribution in [-0.2, 0) is 18.4 Å². The van der Waals surface area contributed by atoms with E-state index < -0.39 is 75.2 Å². The van der Waals surface area contributed by atoms with Gasteiger partial charge in [0.15, 0.2) is 0 Å². The van der Waals surface area contributed by atoms with Crippen LogP contribution in [-0.4, -0.2) is 108 Å². The average molecular weight is 858 g/mol. The SMILES string of the molecule is CCCCCCCC/C=C\C/C=C\C(O)CC(=O)NC(COP(=O)(O)OC1C(O)C(O)C(O)C(O)C1O)C(O)/C=C/CC/C=C/CC/C=C/CCCCCCCCCC. The van der Waals surface area contributed by atoms with Crippen molar-refractivity contribution in [2.75, 3.05) is 6.61 Å². The van der Waals surface area contributed by atoms with Crippen LogP contribution in [0.25, 0.3) is 0 Å². The molecule has 1 fully saturated rings. The van der Waals surface area contributed by atoms with Crippen molar-refractivity contribution in [3.63, 3.8) is 0 Å². The van der Waals surface area contributed by atoms with Crippen molar-refractivity contribution in [1.82, 2.24) is 5.32 Å². The van der Waals surface area contributed by atoms with E-state index in [1.165, 1.54) is 95.6 Å². The van der Waals surface area contributed by atoms with E-state index in [1.54, 1.807) is 12.2 Å². The van der Waals surface area contributed by atoms with E-state index in [4.69, 9.17) is 9.05 Å². The van der Waals surface area contributed by atoms with E-state index in [0.29, 0.717) is 19.3 Å². The van der Waals surface area contributed by atoms with E-state index in [2.05, 4.69) is 43.5 Å². The second-order valence-electron chi connectivity index (χ2n) is 15.7. The standard InChI is InChI=1S/C45H80NO12P/c1-3-5-7-9-11-13-15-16-17-18-19-20-21-23-25-27-29-31-33-38(48)37(35-57-59(55,56)58-45-43(53)41(51)40(50)42(52)44(45)54)46-39(49)34-36(47)32-30-28-26-24-22-14-12-10-8-6-4-2/h18-19,23-26,30-33,36-38,40-45,47-48,50-54H,3-17,20-22,27-29,34-35H2,1-2H3,(H,46,49)(H,55,56)/b19-18+,25-23+,26-24-,32-30-,33-31+. The summed E-state index contributed by atoms with van der Waals surface area (Å²) < 4.78 is 22.8. The van der Waals surface area contributed by atoms with Crippen molar-refractivity contribution in [2.24, 2.45) is 0 Å². The van der Waals surface area contributed by atoms with Gasteiger partial charge in [-0.3, -0.25) is 13.8 Å². The van der Waals surface area contributed by atoms with Crippen molar-refractivity contribution in [3.05, 3.63) is 60.8 Å². The minimum atomic E-state index is -5.17. The highest BCUT2D eigenvalue weighted by Gasteiger charge is 2.51. The number of phosphoric acid groups is 1. The second-order valence-corrected chi connectivity index (χ2v) is 17.1. The molecule has 8 unspecified atom stereocenters. The zero-order chi connectivity index (χ0) is 43.7. The molecule has 1 rings (SSSR count). The molecule has 0 aliphatic heterocycles. The number of amides is 1. The fourth-order valence-corrected chi connectivity index (χ4v) is 7.59. The number of aliphatic hydroxyl groups is 7. The summed E-state index contributed by atoms with van der Waals surface area (Å²) in [5.41, 5.74) is 0. The van der Waals surface area contributed by atoms with Crippen LogP contribution >= 0.6 is 7.82 Å². The Labute approximate surface area is 354 Å². The van der Waals surface area contributed by atoms with Crippen molar-refractivity contribution in [2.45, 2.75) is 210 Å². The highest BCUT2D eigenvalue weighted by atomic mass is 31.2. The van der Waals surface area contributed by atoms with Crippen LogP contribution in [0.1, 0.15) is 155 Å². The van der Waals surface area contributed by atoms with Gasteiger partial charge in [-0.2, -0.15) is 0 Å². The molecular formula is C45H80NO12P. The molecule has 1 aliphatic carbocycles. The van der Waals surface area contributed by atoms with Gasteiger partial charge < -0.3 is 46.0 Å². The molecule has 59 heavy (non-hydrogen) atoms. The minimum absolute atomic E-state index is 0.365. The number of carbonyl (C=O) groups excluding carboxylic acids is 1. The summed E-state index contributed by atoms with van der Waals surface area (Å²) in [6, 6.07) is -1.30. The first-order valence-electron chi connectivity index (χ1n) is 22.3. The number of carbonyl (C=O) groups is 1. The summed E-state index contributed by atoms with van der Waals surface area (Å²) in [7, 11) is -5.17. The topological polar surface area (TPSA) is 226 Å². The Morgan fingerprint density at radius 2 is 1.03 bits per heavy atom. The number of hydrogen-bond acceptors (Lipinski definition) is 11. The van der Waals surface area contributed by atoms with E-state index in [-0.39, 0.29) is 6.42 Å². The van der Waals surface area contributed by atoms with Gasteiger partial charge in [-0.15, -0.1) is 0 Å². The van der Waals surface area contributed by atoms with Crippen LogP contribution < -0.4 is 5.32 Å². The molecule has 0 saturated heterocycles. The molecule has 1 saturated carbocycles. The Kier molecular flexibility index (Phi) is 32.2. The molecule has 0 heterocycles. The maximum atomic E-state index is 12.9. The van der Waals surface area contributed by atoms with Gasteiger partial charge in [-0.1, -0.05) is 152 Å². The van der Waals surface area contributed by atoms with E-state index in [0.717, 1.165) is 32.1 Å². The molecule has 1 amide bonds. The van der Waals surface area contributed by atoms with Crippen molar-refractivity contribution in [3.8, 4) is 0 Å². The Morgan fingerprint density at radius 3 is 1.56 bits per heavy atom. The first-order valence-corrected chi connectivity index (χ1v) is 23.8. The molecule has 0 spiro atoms. The average Bonchev–Trinajstić information content (AvgIpc) is 3.21. The van der Waals surface area contributed by atoms with E-state index >= 15 is 0 Å². The van der Waals surface area contributed by atoms with Crippen LogP contribution in [0.4, 0.5) is 0 Å². The summed E-state index contributed by atoms with van der Waals surface area (Å²) >= 11 is 0. The lowest BCUT2D eigenvalue weighted by atomic mass is 9.85. The lowest BCUT2D eigenvalue weighted by Gasteiger charge is -2.41. The van der Waals surface area contributed by atoms with Gasteiger partial charge in [0, 0.05) is 0 Å². The Balaban J connectivity index is 2.67. The zero-order valence-electron chi connectivity index (χ0n) is 35.9. The number of hydrogen-bond donors (Lipinski definition) is 9. The van der Waals surface area contributed by atoms with Crippen molar-refractivity contribution < 1.29 is 59.0 Å². The summed E-state index contributed by atoms with van der Waals surface area (Å²) in [6.45, 7) is 3.65. The minimum Gasteiger partial charge on any atom is -0.389 e. The molecule has 1 aliphatic rings. The lowest BCUT2D eigenvalue weighted by Crippen LogP contribution is -2.64. The lowest BCUT2D eigenvalue weighted by molar-refractivity contribution is -0.220. The Morgan fingerprint density at radius 1 is 0.593 bits per heavy atom. The van der Waals surface area contributed by atoms with Crippen LogP contribution in [0.15, 0.2) is 60.8 Å². The van der Waals surface area contributed by atoms with Crippen LogP contribution in [0.2, 0.25) is 0 Å². The summed E-state index contributed by atoms with van der Waals surface area (Å²) in [5.74, 6) is -0.677. The Bertz CT molecular complexity index is 1240. The van der Waals surface area contributed by atoms with Crippen LogP contribution in [0, 0.1) is 0 Å². The fraction of sp³-hybridized carbons (Fsp3) is 0.756. The number of unbranched alkanes of at least 4 members (excludes halogenated alkanes) is 16. The first-order chi connectivity index (χ1) is 28.3. The largest absolute Gasteiger partial charge is 0.472 e. The third-order valence-electron chi connectivity index (χ3n) is 10.3. The summed E-state index contributed by atoms with van der Waals surface area (Å²) in [5, 5.41) is 74.1. The number of nitrogens with one attached hydrogen (secondary N) is 1. The summed E-state index contributed by atoms with van der Waals surface area (Å²) in [4.78, 5) is 23.3. The third-order valence-corrected chi connectivity index (χ3v) is 11.3. The van der Waals surface area contributed by atoms with Crippen LogP contribution in [0.3, 0.4) is 0 Å². The predicted octanol–water partition coefficient (Wildman–Crippen LogP) is 6.92. The molecule has 342 valence electrons. The monoisotopic (exact) mass is 858 g/mol. The van der Waals surface area contributed by atoms with E-state index in [1.807, 2.05) is 12.2 Å². The number of phosphoric ester groups is 1. The molecule has 9 N–H and O–H groups in total. The summed E-state index contributed by atoms with van der Waals surface area (Å²) in [6.07, 6.45) is 27.8. The molecule has 0 aromatic heterocycles. The quantitative estimate of drug-likeness (QED) is 0.0180. The molecule has 14 heteroatoms. The fourth-order valence-electron chi connectivity index (χ4n) is 6.62. The third kappa shape index (κ3) is 26.8. The normalized spacial score (nSPS) is 24.2. The number of aliphatic hydroxyl groups excluding tert-OH is 7. The molecule has 13 nitrogen and oxygen atoms in total. The molecule has 0 radical (unpaired) electrons. The van der Waals surface area contributed by atoms with Gasteiger partial charge in [0.2, 0.25) is 5.91 Å². The maximum Gasteiger partial charge on any atom is 0.472 e. The van der Waals surface area contributed by atoms with Gasteiger partial charge >= 0.3 is 7.82 Å². The molecule has 8 atom stereocenters. The number of rotatable bonds is 35. The second kappa shape index (κ2) is 34.6. The van der Waals surface area contributed by atoms with Gasteiger partial charge in [0.05, 0.1) is 31.3 Å². The molecule has 0 bridgehead atoms. The van der Waals surface area contributed by atoms with Gasteiger partial charge in [0.1, 0.15) is 36.6 Å². The highest BCUT2D eigenvalue weighted by Crippen LogP contribution is 2.47. The van der Waals surface area contributed by atoms with Crippen molar-refractivity contribution in [1.29, 1.82) is 0 Å². The predicted molar refractivity (Wildman–Crippen MR) is 233 cm³/mol. The zero-order valence-corrected chi connectivity index (χ0v) is 36.8. The first kappa shape index (κ1) is 55.0. The highest BCUT2D eigenvalue weighted by molar-refractivity contribution is 7.47. The maximum absolute atomic E-state index is 12.9. The Hall–Kier alpha value is -2.00. The van der Waals surface area contributed by atoms with Gasteiger partial charge in [-0.25, -0.2) is 4.57 Å². The smallest absolute Gasteiger partial charge is 0.389 e. The van der Waals surface area contributed by atoms with Crippen LogP contribution in [0.5, 0.6) is 0 Å². The van der Waals surface area contributed by atoms with Gasteiger partial charge in [-0.05, 0) is 57.8 Å². The van der Waals surface area contributed by atoms with Crippen molar-refractivity contribution >= 4 is 13.7 Å².